The lowest BCUT2D eigenvalue weighted by atomic mass is 9.98. The van der Waals surface area contributed by atoms with E-state index in [-0.39, 0.29) is 30.5 Å². The van der Waals surface area contributed by atoms with E-state index < -0.39 is 6.04 Å². The van der Waals surface area contributed by atoms with Gasteiger partial charge in [-0.05, 0) is 68.5 Å². The Morgan fingerprint density at radius 3 is 2.16 bits per heavy atom. The average Bonchev–Trinajstić information content (AvgIpc) is 3.43. The Morgan fingerprint density at radius 2 is 1.51 bits per heavy atom. The van der Waals surface area contributed by atoms with E-state index in [1.807, 2.05) is 50.2 Å². The molecule has 2 fully saturated rings. The summed E-state index contributed by atoms with van der Waals surface area (Å²) < 4.78 is 22.3. The number of ether oxygens (including phenoxy) is 4. The van der Waals surface area contributed by atoms with Crippen LogP contribution in [0.4, 0.5) is 0 Å². The standard InChI is InChI=1S/C29H38N2O6/c1-19(2)37-24-13-11-21(17-26(24)36-5)28-29(33)31(22-8-6-7-9-22)18-27(32)30(28)15-14-20-10-12-23(34-3)25(16-20)35-4/h10-13,16-17,19,22,28H,6-9,14-15,18H2,1-5H3/t28-/m0/s1. The smallest absolute Gasteiger partial charge is 0.250 e. The molecule has 2 amide bonds. The lowest BCUT2D eigenvalue weighted by molar-refractivity contribution is -0.158. The van der Waals surface area contributed by atoms with Crippen LogP contribution in [-0.4, -0.2) is 68.2 Å². The Kier molecular flexibility index (Phi) is 8.46. The molecule has 0 bridgehead atoms. The Bertz CT molecular complexity index is 1110. The van der Waals surface area contributed by atoms with Gasteiger partial charge in [0.1, 0.15) is 12.6 Å². The summed E-state index contributed by atoms with van der Waals surface area (Å²) in [6.07, 6.45) is 4.62. The Morgan fingerprint density at radius 1 is 0.865 bits per heavy atom. The number of piperazine rings is 1. The number of rotatable bonds is 10. The Labute approximate surface area is 219 Å². The first-order valence-electron chi connectivity index (χ1n) is 13.0. The topological polar surface area (TPSA) is 77.5 Å². The van der Waals surface area contributed by atoms with Gasteiger partial charge in [0.05, 0.1) is 27.4 Å². The van der Waals surface area contributed by atoms with Crippen molar-refractivity contribution in [3.8, 4) is 23.0 Å². The van der Waals surface area contributed by atoms with Crippen LogP contribution < -0.4 is 18.9 Å². The molecule has 200 valence electrons. The van der Waals surface area contributed by atoms with Crippen LogP contribution in [0.5, 0.6) is 23.0 Å². The minimum absolute atomic E-state index is 0.0199. The van der Waals surface area contributed by atoms with Gasteiger partial charge in [-0.25, -0.2) is 0 Å². The monoisotopic (exact) mass is 510 g/mol. The van der Waals surface area contributed by atoms with Crippen molar-refractivity contribution < 1.29 is 28.5 Å². The van der Waals surface area contributed by atoms with Crippen LogP contribution in [0.15, 0.2) is 36.4 Å². The van der Waals surface area contributed by atoms with E-state index in [4.69, 9.17) is 18.9 Å². The summed E-state index contributed by atoms with van der Waals surface area (Å²) in [5.74, 6) is 2.37. The maximum atomic E-state index is 13.9. The predicted molar refractivity (Wildman–Crippen MR) is 140 cm³/mol. The van der Waals surface area contributed by atoms with E-state index >= 15 is 0 Å². The van der Waals surface area contributed by atoms with Crippen molar-refractivity contribution in [3.63, 3.8) is 0 Å². The minimum atomic E-state index is -0.719. The molecule has 1 aliphatic heterocycles. The van der Waals surface area contributed by atoms with Gasteiger partial charge in [0.15, 0.2) is 23.0 Å². The number of benzene rings is 2. The number of carbonyl (C=O) groups is 2. The van der Waals surface area contributed by atoms with Crippen molar-refractivity contribution in [1.29, 1.82) is 0 Å². The van der Waals surface area contributed by atoms with Gasteiger partial charge in [-0.1, -0.05) is 25.0 Å². The van der Waals surface area contributed by atoms with Crippen molar-refractivity contribution in [1.82, 2.24) is 9.80 Å². The zero-order valence-corrected chi connectivity index (χ0v) is 22.5. The number of carbonyl (C=O) groups excluding carboxylic acids is 2. The van der Waals surface area contributed by atoms with Crippen LogP contribution in [0.3, 0.4) is 0 Å². The zero-order valence-electron chi connectivity index (χ0n) is 22.5. The molecule has 0 radical (unpaired) electrons. The van der Waals surface area contributed by atoms with Gasteiger partial charge in [0.2, 0.25) is 5.91 Å². The van der Waals surface area contributed by atoms with E-state index in [2.05, 4.69) is 0 Å². The molecule has 2 aromatic rings. The summed E-state index contributed by atoms with van der Waals surface area (Å²) in [6, 6.07) is 10.7. The summed E-state index contributed by atoms with van der Waals surface area (Å²) in [5, 5.41) is 0. The van der Waals surface area contributed by atoms with E-state index in [9.17, 15) is 9.59 Å². The van der Waals surface area contributed by atoms with Crippen LogP contribution in [0.25, 0.3) is 0 Å². The molecule has 37 heavy (non-hydrogen) atoms. The Hall–Kier alpha value is -3.42. The highest BCUT2D eigenvalue weighted by Crippen LogP contribution is 2.37. The third kappa shape index (κ3) is 5.78. The molecule has 2 aromatic carbocycles. The second-order valence-electron chi connectivity index (χ2n) is 9.91. The summed E-state index contributed by atoms with van der Waals surface area (Å²) in [6.45, 7) is 4.42. The molecule has 0 spiro atoms. The molecule has 1 aliphatic carbocycles. The molecule has 1 saturated carbocycles. The number of hydrogen-bond acceptors (Lipinski definition) is 6. The summed E-state index contributed by atoms with van der Waals surface area (Å²) in [7, 11) is 4.78. The van der Waals surface area contributed by atoms with Gasteiger partial charge in [0.25, 0.3) is 5.91 Å². The lowest BCUT2D eigenvalue weighted by Crippen LogP contribution is -2.58. The fourth-order valence-corrected chi connectivity index (χ4v) is 5.34. The van der Waals surface area contributed by atoms with Gasteiger partial charge in [-0.2, -0.15) is 0 Å². The molecule has 1 heterocycles. The first kappa shape index (κ1) is 26.6. The number of nitrogens with zero attached hydrogens (tertiary/aromatic N) is 2. The fourth-order valence-electron chi connectivity index (χ4n) is 5.34. The lowest BCUT2D eigenvalue weighted by Gasteiger charge is -2.43. The van der Waals surface area contributed by atoms with Crippen molar-refractivity contribution in [2.24, 2.45) is 0 Å². The largest absolute Gasteiger partial charge is 0.493 e. The van der Waals surface area contributed by atoms with Crippen LogP contribution in [0.2, 0.25) is 0 Å². The van der Waals surface area contributed by atoms with Gasteiger partial charge in [-0.15, -0.1) is 0 Å². The van der Waals surface area contributed by atoms with Gasteiger partial charge >= 0.3 is 0 Å². The second kappa shape index (κ2) is 11.8. The van der Waals surface area contributed by atoms with Crippen molar-refractivity contribution >= 4 is 11.8 Å². The SMILES string of the molecule is COc1ccc(CCN2C(=O)CN(C3CCCC3)C(=O)[C@@H]2c2ccc(OC(C)C)c(OC)c2)cc1OC. The molecule has 1 atom stereocenters. The van der Waals surface area contributed by atoms with Crippen LogP contribution in [0, 0.1) is 0 Å². The summed E-state index contributed by atoms with van der Waals surface area (Å²) >= 11 is 0. The number of methoxy groups -OCH3 is 3. The molecule has 0 unspecified atom stereocenters. The molecule has 4 rings (SSSR count). The van der Waals surface area contributed by atoms with E-state index in [1.54, 1.807) is 31.1 Å². The summed E-state index contributed by atoms with van der Waals surface area (Å²) in [4.78, 5) is 31.0. The molecule has 0 aromatic heterocycles. The molecule has 1 saturated heterocycles. The molecule has 2 aliphatic rings. The van der Waals surface area contributed by atoms with Crippen LogP contribution in [0.1, 0.15) is 56.7 Å². The predicted octanol–water partition coefficient (Wildman–Crippen LogP) is 4.40. The zero-order chi connectivity index (χ0) is 26.5. The maximum absolute atomic E-state index is 13.9. The fraction of sp³-hybridized carbons (Fsp3) is 0.517. The van der Waals surface area contributed by atoms with Crippen molar-refractivity contribution in [2.75, 3.05) is 34.4 Å². The van der Waals surface area contributed by atoms with E-state index in [1.165, 1.54) is 0 Å². The number of hydrogen-bond donors (Lipinski definition) is 0. The van der Waals surface area contributed by atoms with E-state index in [0.29, 0.717) is 36.0 Å². The quantitative estimate of drug-likeness (QED) is 0.472. The third-order valence-electron chi connectivity index (χ3n) is 7.18. The Balaban J connectivity index is 1.65. The van der Waals surface area contributed by atoms with Gasteiger partial charge in [-0.3, -0.25) is 9.59 Å². The minimum Gasteiger partial charge on any atom is -0.493 e. The molecule has 8 heteroatoms. The van der Waals surface area contributed by atoms with Gasteiger partial charge in [0, 0.05) is 12.6 Å². The highest BCUT2D eigenvalue weighted by molar-refractivity contribution is 5.96. The molecule has 0 N–H and O–H groups in total. The van der Waals surface area contributed by atoms with Crippen LogP contribution >= 0.6 is 0 Å². The molecule has 8 nitrogen and oxygen atoms in total. The molecular formula is C29H38N2O6. The normalized spacial score (nSPS) is 18.5. The summed E-state index contributed by atoms with van der Waals surface area (Å²) in [5.41, 5.74) is 1.72. The molecular weight excluding hydrogens is 472 g/mol. The third-order valence-corrected chi connectivity index (χ3v) is 7.18. The van der Waals surface area contributed by atoms with Crippen LogP contribution in [-0.2, 0) is 16.0 Å². The second-order valence-corrected chi connectivity index (χ2v) is 9.91. The average molecular weight is 511 g/mol. The van der Waals surface area contributed by atoms with Crippen molar-refractivity contribution in [2.45, 2.75) is 64.1 Å². The highest BCUT2D eigenvalue weighted by atomic mass is 16.5. The maximum Gasteiger partial charge on any atom is 0.250 e. The first-order valence-corrected chi connectivity index (χ1v) is 13.0. The van der Waals surface area contributed by atoms with Crippen molar-refractivity contribution in [3.05, 3.63) is 47.5 Å². The van der Waals surface area contributed by atoms with E-state index in [0.717, 1.165) is 36.8 Å². The number of amides is 2. The highest BCUT2D eigenvalue weighted by Gasteiger charge is 2.43. The first-order chi connectivity index (χ1) is 17.9. The van der Waals surface area contributed by atoms with Gasteiger partial charge < -0.3 is 28.7 Å².